The zero-order chi connectivity index (χ0) is 18.1. The van der Waals surface area contributed by atoms with E-state index in [1.165, 1.54) is 11.1 Å². The highest BCUT2D eigenvalue weighted by Crippen LogP contribution is 2.49. The predicted molar refractivity (Wildman–Crippen MR) is 103 cm³/mol. The minimum absolute atomic E-state index is 0.105. The molecule has 1 aromatic carbocycles. The van der Waals surface area contributed by atoms with Crippen LogP contribution in [0.2, 0.25) is 0 Å². The molecule has 1 aromatic rings. The molecule has 1 aliphatic rings. The lowest BCUT2D eigenvalue weighted by atomic mass is 9.73. The maximum absolute atomic E-state index is 11.4. The van der Waals surface area contributed by atoms with E-state index in [9.17, 15) is 5.11 Å². The van der Waals surface area contributed by atoms with Gasteiger partial charge in [0.25, 0.3) is 0 Å². The smallest absolute Gasteiger partial charge is 0.0785 e. The van der Waals surface area contributed by atoms with Gasteiger partial charge in [0.2, 0.25) is 0 Å². The second kappa shape index (κ2) is 7.58. The molecule has 0 aliphatic carbocycles. The third-order valence-electron chi connectivity index (χ3n) is 5.73. The summed E-state index contributed by atoms with van der Waals surface area (Å²) < 4.78 is 0. The molecule has 2 heteroatoms. The van der Waals surface area contributed by atoms with Crippen LogP contribution in [0.4, 0.5) is 0 Å². The number of rotatable bonds is 5. The fraction of sp³-hybridized carbons (Fsp3) is 0.727. The van der Waals surface area contributed by atoms with E-state index >= 15 is 0 Å². The molecule has 0 bridgehead atoms. The number of hydrogen-bond acceptors (Lipinski definition) is 2. The monoisotopic (exact) mass is 331 g/mol. The molecule has 0 radical (unpaired) electrons. The molecule has 1 N–H and O–H groups in total. The average molecular weight is 332 g/mol. The Morgan fingerprint density at radius 1 is 1.12 bits per heavy atom. The Kier molecular flexibility index (Phi) is 6.14. The second-order valence-electron chi connectivity index (χ2n) is 8.82. The molecule has 136 valence electrons. The van der Waals surface area contributed by atoms with Crippen molar-refractivity contribution in [1.82, 2.24) is 4.90 Å². The van der Waals surface area contributed by atoms with Crippen LogP contribution < -0.4 is 0 Å². The Morgan fingerprint density at radius 3 is 2.25 bits per heavy atom. The Balaban J connectivity index is 2.54. The van der Waals surface area contributed by atoms with Gasteiger partial charge in [-0.1, -0.05) is 72.7 Å². The summed E-state index contributed by atoms with van der Waals surface area (Å²) in [5.41, 5.74) is 2.82. The van der Waals surface area contributed by atoms with Crippen molar-refractivity contribution in [2.75, 3.05) is 6.54 Å². The first-order chi connectivity index (χ1) is 11.2. The van der Waals surface area contributed by atoms with Gasteiger partial charge >= 0.3 is 0 Å². The van der Waals surface area contributed by atoms with Crippen LogP contribution in [-0.2, 0) is 0 Å². The van der Waals surface area contributed by atoms with Crippen LogP contribution in [0.15, 0.2) is 24.3 Å². The molecule has 2 nitrogen and oxygen atoms in total. The van der Waals surface area contributed by atoms with E-state index in [1.807, 2.05) is 0 Å². The SMILES string of the molecule is CCCN1C(CC)C(C(C)(C)C)C(O)C1c1ccccc1C(C)C. The van der Waals surface area contributed by atoms with Crippen molar-refractivity contribution < 1.29 is 5.11 Å². The molecule has 1 fully saturated rings. The Bertz CT molecular complexity index is 531. The number of benzene rings is 1. The highest BCUT2D eigenvalue weighted by Gasteiger charge is 2.52. The van der Waals surface area contributed by atoms with E-state index in [4.69, 9.17) is 0 Å². The summed E-state index contributed by atoms with van der Waals surface area (Å²) in [5.74, 6) is 0.782. The lowest BCUT2D eigenvalue weighted by Gasteiger charge is -2.35. The molecule has 0 amide bonds. The molecule has 1 heterocycles. The van der Waals surface area contributed by atoms with Crippen molar-refractivity contribution >= 4 is 0 Å². The fourth-order valence-electron chi connectivity index (χ4n) is 4.84. The first kappa shape index (κ1) is 19.5. The van der Waals surface area contributed by atoms with E-state index in [0.717, 1.165) is 19.4 Å². The second-order valence-corrected chi connectivity index (χ2v) is 8.82. The standard InChI is InChI=1S/C22H37NO/c1-8-14-23-18(9-2)19(22(5,6)7)21(24)20(23)17-13-11-10-12-16(17)15(3)4/h10-13,15,18-21,24H,8-9,14H2,1-7H3. The molecule has 2 rings (SSSR count). The normalized spacial score (nSPS) is 28.7. The van der Waals surface area contributed by atoms with Crippen LogP contribution in [0, 0.1) is 11.3 Å². The summed E-state index contributed by atoms with van der Waals surface area (Å²) in [6.45, 7) is 16.9. The van der Waals surface area contributed by atoms with Gasteiger partial charge in [-0.3, -0.25) is 4.90 Å². The molecule has 0 spiro atoms. The van der Waals surface area contributed by atoms with Gasteiger partial charge in [0.05, 0.1) is 12.1 Å². The Hall–Kier alpha value is -0.860. The zero-order valence-corrected chi connectivity index (χ0v) is 16.7. The summed E-state index contributed by atoms with van der Waals surface area (Å²) in [7, 11) is 0. The molecule has 4 unspecified atom stereocenters. The lowest BCUT2D eigenvalue weighted by Crippen LogP contribution is -2.39. The predicted octanol–water partition coefficient (Wildman–Crippen LogP) is 5.38. The number of aliphatic hydroxyl groups excluding tert-OH is 1. The van der Waals surface area contributed by atoms with Crippen molar-refractivity contribution in [3.05, 3.63) is 35.4 Å². The van der Waals surface area contributed by atoms with Crippen LogP contribution >= 0.6 is 0 Å². The van der Waals surface area contributed by atoms with Gasteiger partial charge < -0.3 is 5.11 Å². The molecule has 1 aliphatic heterocycles. The van der Waals surface area contributed by atoms with Crippen LogP contribution in [0.1, 0.15) is 84.4 Å². The maximum Gasteiger partial charge on any atom is 0.0785 e. The van der Waals surface area contributed by atoms with Gasteiger partial charge in [0, 0.05) is 12.0 Å². The van der Waals surface area contributed by atoms with Crippen LogP contribution in [0.5, 0.6) is 0 Å². The largest absolute Gasteiger partial charge is 0.391 e. The van der Waals surface area contributed by atoms with Crippen molar-refractivity contribution in [3.63, 3.8) is 0 Å². The van der Waals surface area contributed by atoms with E-state index in [2.05, 4.69) is 77.6 Å². The van der Waals surface area contributed by atoms with E-state index in [0.29, 0.717) is 17.9 Å². The van der Waals surface area contributed by atoms with Gasteiger partial charge in [0.15, 0.2) is 0 Å². The van der Waals surface area contributed by atoms with E-state index < -0.39 is 0 Å². The summed E-state index contributed by atoms with van der Waals surface area (Å²) in [5, 5.41) is 11.4. The summed E-state index contributed by atoms with van der Waals surface area (Å²) in [6.07, 6.45) is 1.92. The van der Waals surface area contributed by atoms with Crippen LogP contribution in [0.3, 0.4) is 0 Å². The molecule has 0 saturated carbocycles. The quantitative estimate of drug-likeness (QED) is 0.783. The minimum Gasteiger partial charge on any atom is -0.391 e. The first-order valence-electron chi connectivity index (χ1n) is 9.76. The molecule has 0 aromatic heterocycles. The first-order valence-corrected chi connectivity index (χ1v) is 9.76. The number of likely N-dealkylation sites (tertiary alicyclic amines) is 1. The average Bonchev–Trinajstić information content (AvgIpc) is 2.79. The lowest BCUT2D eigenvalue weighted by molar-refractivity contribution is 0.0495. The molecule has 1 saturated heterocycles. The number of aliphatic hydroxyl groups is 1. The molecular weight excluding hydrogens is 294 g/mol. The highest BCUT2D eigenvalue weighted by atomic mass is 16.3. The van der Waals surface area contributed by atoms with Gasteiger partial charge in [-0.2, -0.15) is 0 Å². The Labute approximate surface area is 149 Å². The maximum atomic E-state index is 11.4. The van der Waals surface area contributed by atoms with Crippen LogP contribution in [-0.4, -0.2) is 28.7 Å². The van der Waals surface area contributed by atoms with Gasteiger partial charge in [-0.05, 0) is 41.8 Å². The molecular formula is C22H37NO. The van der Waals surface area contributed by atoms with Crippen molar-refractivity contribution in [3.8, 4) is 0 Å². The third-order valence-corrected chi connectivity index (χ3v) is 5.73. The fourth-order valence-corrected chi connectivity index (χ4v) is 4.84. The molecule has 24 heavy (non-hydrogen) atoms. The van der Waals surface area contributed by atoms with E-state index in [1.54, 1.807) is 0 Å². The third kappa shape index (κ3) is 3.55. The topological polar surface area (TPSA) is 23.5 Å². The highest BCUT2D eigenvalue weighted by molar-refractivity contribution is 5.35. The summed E-state index contributed by atoms with van der Waals surface area (Å²) >= 11 is 0. The van der Waals surface area contributed by atoms with E-state index in [-0.39, 0.29) is 17.6 Å². The summed E-state index contributed by atoms with van der Waals surface area (Å²) in [4.78, 5) is 2.60. The van der Waals surface area contributed by atoms with Gasteiger partial charge in [-0.15, -0.1) is 0 Å². The van der Waals surface area contributed by atoms with Crippen LogP contribution in [0.25, 0.3) is 0 Å². The zero-order valence-electron chi connectivity index (χ0n) is 16.7. The summed E-state index contributed by atoms with van der Waals surface area (Å²) in [6, 6.07) is 9.31. The van der Waals surface area contributed by atoms with Gasteiger partial charge in [-0.25, -0.2) is 0 Å². The minimum atomic E-state index is -0.304. The Morgan fingerprint density at radius 2 is 1.75 bits per heavy atom. The van der Waals surface area contributed by atoms with Crippen molar-refractivity contribution in [2.24, 2.45) is 11.3 Å². The van der Waals surface area contributed by atoms with Crippen molar-refractivity contribution in [2.45, 2.75) is 85.4 Å². The molecule has 4 atom stereocenters. The van der Waals surface area contributed by atoms with Gasteiger partial charge in [0.1, 0.15) is 0 Å². The number of nitrogens with zero attached hydrogens (tertiary/aromatic N) is 1. The number of hydrogen-bond donors (Lipinski definition) is 1. The van der Waals surface area contributed by atoms with Crippen molar-refractivity contribution in [1.29, 1.82) is 0 Å².